The van der Waals surface area contributed by atoms with Gasteiger partial charge in [0.1, 0.15) is 0 Å². The van der Waals surface area contributed by atoms with Gasteiger partial charge in [-0.05, 0) is 0 Å². The van der Waals surface area contributed by atoms with E-state index in [-0.39, 0.29) is 0 Å². The topological polar surface area (TPSA) is 26.3 Å². The Bertz CT molecular complexity index is 506. The molecule has 0 N–H and O–H groups in total. The van der Waals surface area contributed by atoms with Crippen LogP contribution in [0.5, 0.6) is 0 Å². The zero-order valence-electron chi connectivity index (χ0n) is 21.7. The molecule has 0 aromatic heterocycles. The molecule has 4 heteroatoms. The molecule has 0 bridgehead atoms. The van der Waals surface area contributed by atoms with E-state index >= 15 is 0 Å². The van der Waals surface area contributed by atoms with Crippen LogP contribution in [0.4, 0.5) is 0 Å². The molecule has 0 heterocycles. The van der Waals surface area contributed by atoms with Gasteiger partial charge in [-0.25, -0.2) is 0 Å². The van der Waals surface area contributed by atoms with Crippen molar-refractivity contribution in [1.82, 2.24) is 0 Å². The fourth-order valence-corrected chi connectivity index (χ4v) is 38.0. The second-order valence-electron chi connectivity index (χ2n) is 10.6. The molecular formula is C26H52O2SiSn. The van der Waals surface area contributed by atoms with Crippen LogP contribution in [0.3, 0.4) is 0 Å². The summed E-state index contributed by atoms with van der Waals surface area (Å²) in [6.07, 6.45) is 13.5. The molecule has 0 aliphatic heterocycles. The molecule has 0 radical (unpaired) electrons. The van der Waals surface area contributed by atoms with Crippen LogP contribution in [0.2, 0.25) is 31.4 Å². The predicted octanol–water partition coefficient (Wildman–Crippen LogP) is 8.85. The molecule has 30 heavy (non-hydrogen) atoms. The number of carbonyl (C=O) groups is 1. The fourth-order valence-electron chi connectivity index (χ4n) is 4.24. The Kier molecular flexibility index (Phi) is 15.8. The van der Waals surface area contributed by atoms with Crippen molar-refractivity contribution in [2.45, 2.75) is 131 Å². The molecule has 176 valence electrons. The SMILES string of the molecule is CCC[CH2][Sn]([CH2]CCC)([CH2]CCC)[C](=C=COCCCCC=O)[Si](C)(C)C(C)(C)C. The molecule has 0 aliphatic rings. The van der Waals surface area contributed by atoms with Gasteiger partial charge in [-0.2, -0.15) is 0 Å². The summed E-state index contributed by atoms with van der Waals surface area (Å²) in [5.74, 6) is 0. The van der Waals surface area contributed by atoms with E-state index in [1.54, 1.807) is 0 Å². The summed E-state index contributed by atoms with van der Waals surface area (Å²) in [6.45, 7) is 20.3. The van der Waals surface area contributed by atoms with Crippen molar-refractivity contribution in [3.8, 4) is 0 Å². The molecule has 0 aromatic rings. The monoisotopic (exact) mass is 544 g/mol. The van der Waals surface area contributed by atoms with Gasteiger partial charge in [0.05, 0.1) is 0 Å². The molecule has 0 unspecified atom stereocenters. The van der Waals surface area contributed by atoms with Gasteiger partial charge >= 0.3 is 195 Å². The maximum absolute atomic E-state index is 10.5. The van der Waals surface area contributed by atoms with Gasteiger partial charge in [0.15, 0.2) is 0 Å². The van der Waals surface area contributed by atoms with Crippen LogP contribution in [0, 0.1) is 0 Å². The summed E-state index contributed by atoms with van der Waals surface area (Å²) >= 11 is -2.56. The van der Waals surface area contributed by atoms with Gasteiger partial charge in [-0.1, -0.05) is 0 Å². The first-order valence-electron chi connectivity index (χ1n) is 12.6. The van der Waals surface area contributed by atoms with Gasteiger partial charge in [-0.3, -0.25) is 0 Å². The Hall–Kier alpha value is 0.00558. The Morgan fingerprint density at radius 1 is 0.900 bits per heavy atom. The summed E-state index contributed by atoms with van der Waals surface area (Å²) in [4.78, 5) is 10.5. The molecule has 0 rings (SSSR count). The summed E-state index contributed by atoms with van der Waals surface area (Å²) in [5.41, 5.74) is 3.88. The number of aldehydes is 1. The van der Waals surface area contributed by atoms with Crippen molar-refractivity contribution in [2.75, 3.05) is 6.61 Å². The van der Waals surface area contributed by atoms with Crippen LogP contribution in [0.1, 0.15) is 99.3 Å². The summed E-state index contributed by atoms with van der Waals surface area (Å²) < 4.78 is 12.2. The molecular weight excluding hydrogens is 491 g/mol. The first-order valence-corrected chi connectivity index (χ1v) is 23.1. The number of ether oxygens (including phenoxy) is 1. The summed E-state index contributed by atoms with van der Waals surface area (Å²) in [5, 5.41) is 0.333. The number of unbranched alkanes of at least 4 members (excludes halogenated alkanes) is 5. The van der Waals surface area contributed by atoms with Crippen LogP contribution in [-0.2, 0) is 9.53 Å². The summed E-state index contributed by atoms with van der Waals surface area (Å²) in [7, 11) is -1.66. The van der Waals surface area contributed by atoms with Gasteiger partial charge in [-0.15, -0.1) is 0 Å². The van der Waals surface area contributed by atoms with Crippen molar-refractivity contribution in [3.63, 3.8) is 0 Å². The van der Waals surface area contributed by atoms with E-state index in [4.69, 9.17) is 4.74 Å². The van der Waals surface area contributed by atoms with Crippen LogP contribution < -0.4 is 0 Å². The molecule has 0 fully saturated rings. The van der Waals surface area contributed by atoms with Gasteiger partial charge in [0.2, 0.25) is 0 Å². The van der Waals surface area contributed by atoms with E-state index < -0.39 is 26.5 Å². The Balaban J connectivity index is 6.16. The normalized spacial score (nSPS) is 12.4. The Morgan fingerprint density at radius 2 is 1.40 bits per heavy atom. The van der Waals surface area contributed by atoms with E-state index in [0.717, 1.165) is 19.1 Å². The molecule has 0 aromatic carbocycles. The average Bonchev–Trinajstić information content (AvgIpc) is 2.69. The quantitative estimate of drug-likeness (QED) is 0.0602. The van der Waals surface area contributed by atoms with Crippen molar-refractivity contribution in [1.29, 1.82) is 0 Å². The van der Waals surface area contributed by atoms with E-state index in [0.29, 0.717) is 18.1 Å². The standard InChI is InChI=1S/C14H25O2Si.3C4H9.Sn/c1-14(2,3)17(4,5)13-9-12-16-11-8-6-7-10-15;3*1-3-4-2;/h10,12H,6-8,11H2,1-5H3;3*1,3-4H2,2H3;. The van der Waals surface area contributed by atoms with Crippen molar-refractivity contribution in [2.24, 2.45) is 0 Å². The van der Waals surface area contributed by atoms with Crippen LogP contribution in [0.25, 0.3) is 0 Å². The second-order valence-corrected chi connectivity index (χ2v) is 30.3. The predicted molar refractivity (Wildman–Crippen MR) is 140 cm³/mol. The number of carbonyl (C=O) groups excluding carboxylic acids is 1. The Morgan fingerprint density at radius 3 is 1.80 bits per heavy atom. The van der Waals surface area contributed by atoms with E-state index in [2.05, 4.69) is 60.4 Å². The summed E-state index contributed by atoms with van der Waals surface area (Å²) in [6, 6.07) is 0. The van der Waals surface area contributed by atoms with E-state index in [1.165, 1.54) is 51.8 Å². The van der Waals surface area contributed by atoms with Gasteiger partial charge < -0.3 is 0 Å². The van der Waals surface area contributed by atoms with Crippen LogP contribution in [-0.4, -0.2) is 39.3 Å². The molecule has 0 atom stereocenters. The second kappa shape index (κ2) is 15.7. The first-order chi connectivity index (χ1) is 14.1. The van der Waals surface area contributed by atoms with Crippen LogP contribution >= 0.6 is 0 Å². The Labute approximate surface area is 194 Å². The zero-order chi connectivity index (χ0) is 23.1. The number of hydrogen-bond acceptors (Lipinski definition) is 2. The number of rotatable bonds is 17. The van der Waals surface area contributed by atoms with Crippen molar-refractivity contribution < 1.29 is 9.53 Å². The van der Waals surface area contributed by atoms with Crippen molar-refractivity contribution in [3.05, 3.63) is 15.2 Å². The number of hydrogen-bond donors (Lipinski definition) is 0. The third-order valence-electron chi connectivity index (χ3n) is 7.18. The van der Waals surface area contributed by atoms with Crippen LogP contribution in [0.15, 0.2) is 15.2 Å². The molecule has 0 aliphatic carbocycles. The minimum atomic E-state index is -2.56. The van der Waals surface area contributed by atoms with Gasteiger partial charge in [0, 0.05) is 0 Å². The van der Waals surface area contributed by atoms with Crippen molar-refractivity contribution >= 4 is 32.7 Å². The third-order valence-corrected chi connectivity index (χ3v) is 35.9. The molecule has 2 nitrogen and oxygen atoms in total. The zero-order valence-corrected chi connectivity index (χ0v) is 25.5. The molecule has 0 saturated heterocycles. The third kappa shape index (κ3) is 10.1. The average molecular weight is 543 g/mol. The van der Waals surface area contributed by atoms with Gasteiger partial charge in [0.25, 0.3) is 0 Å². The van der Waals surface area contributed by atoms with E-state index in [1.807, 2.05) is 9.47 Å². The maximum atomic E-state index is 10.5. The molecule has 0 amide bonds. The first kappa shape index (κ1) is 30.0. The fraction of sp³-hybridized carbons (Fsp3) is 0.846. The molecule has 0 spiro atoms. The minimum absolute atomic E-state index is 0.333. The van der Waals surface area contributed by atoms with E-state index in [9.17, 15) is 4.79 Å². The molecule has 0 saturated carbocycles.